The number of amides is 1. The van der Waals surface area contributed by atoms with Gasteiger partial charge in [0.15, 0.2) is 5.43 Å². The van der Waals surface area contributed by atoms with Crippen LogP contribution in [0.1, 0.15) is 13.8 Å². The van der Waals surface area contributed by atoms with E-state index in [1.54, 1.807) is 4.90 Å². The molecule has 29 heavy (non-hydrogen) atoms. The van der Waals surface area contributed by atoms with Crippen molar-refractivity contribution in [2.45, 2.75) is 13.8 Å². The van der Waals surface area contributed by atoms with Crippen LogP contribution in [0.2, 0.25) is 0 Å². The van der Waals surface area contributed by atoms with Gasteiger partial charge in [-0.2, -0.15) is 0 Å². The van der Waals surface area contributed by atoms with Gasteiger partial charge in [-0.1, -0.05) is 62.4 Å². The number of fused-ring (bicyclic) bond motifs is 2. The maximum Gasteiger partial charge on any atom is 0.409 e. The molecule has 1 fully saturated rings. The van der Waals surface area contributed by atoms with Crippen molar-refractivity contribution < 1.29 is 9.53 Å². The van der Waals surface area contributed by atoms with Crippen LogP contribution in [0.4, 0.5) is 10.5 Å². The van der Waals surface area contributed by atoms with Crippen LogP contribution in [0, 0.1) is 5.92 Å². The van der Waals surface area contributed by atoms with E-state index in [9.17, 15) is 9.59 Å². The maximum absolute atomic E-state index is 13.1. The third-order valence-electron chi connectivity index (χ3n) is 5.36. The van der Waals surface area contributed by atoms with Gasteiger partial charge in [-0.15, -0.1) is 0 Å². The summed E-state index contributed by atoms with van der Waals surface area (Å²) in [7, 11) is 0. The number of rotatable bonds is 3. The van der Waals surface area contributed by atoms with Crippen molar-refractivity contribution in [2.24, 2.45) is 5.92 Å². The fourth-order valence-corrected chi connectivity index (χ4v) is 3.83. The Labute approximate surface area is 170 Å². The van der Waals surface area contributed by atoms with Crippen LogP contribution in [0.15, 0.2) is 59.4 Å². The first-order valence-corrected chi connectivity index (χ1v) is 10.2. The third kappa shape index (κ3) is 3.90. The fraction of sp³-hybridized carbons (Fsp3) is 0.333. The van der Waals surface area contributed by atoms with Crippen LogP contribution < -0.4 is 10.3 Å². The molecule has 0 spiro atoms. The summed E-state index contributed by atoms with van der Waals surface area (Å²) < 4.78 is 5.37. The molecule has 0 bridgehead atoms. The van der Waals surface area contributed by atoms with Crippen LogP contribution in [0.5, 0.6) is 0 Å². The minimum absolute atomic E-state index is 0.0540. The Balaban J connectivity index is 1.67. The Hall–Kier alpha value is -3.08. The molecule has 1 saturated heterocycles. The van der Waals surface area contributed by atoms with Crippen LogP contribution in [0.25, 0.3) is 21.5 Å². The van der Waals surface area contributed by atoms with Gasteiger partial charge in [0.25, 0.3) is 0 Å². The first kappa shape index (κ1) is 19.2. The second-order valence-electron chi connectivity index (χ2n) is 7.94. The minimum atomic E-state index is -0.242. The van der Waals surface area contributed by atoms with Crippen LogP contribution >= 0.6 is 0 Å². The SMILES string of the molecule is CC(C)COC(=O)N1CCN(c2cc3ccccc3c(=O)c3ccccc23)CC1. The number of carbonyl (C=O) groups excluding carboxylic acids is 1. The van der Waals surface area contributed by atoms with Gasteiger partial charge in [-0.25, -0.2) is 4.79 Å². The summed E-state index contributed by atoms with van der Waals surface area (Å²) in [5, 5.41) is 3.33. The predicted molar refractivity (Wildman–Crippen MR) is 118 cm³/mol. The Morgan fingerprint density at radius 3 is 2.24 bits per heavy atom. The highest BCUT2D eigenvalue weighted by Crippen LogP contribution is 2.28. The summed E-state index contributed by atoms with van der Waals surface area (Å²) in [6.45, 7) is 7.11. The first-order chi connectivity index (χ1) is 14.0. The summed E-state index contributed by atoms with van der Waals surface area (Å²) in [5.41, 5.74) is 1.09. The first-order valence-electron chi connectivity index (χ1n) is 10.2. The van der Waals surface area contributed by atoms with E-state index >= 15 is 0 Å². The lowest BCUT2D eigenvalue weighted by atomic mass is 10.1. The van der Waals surface area contributed by atoms with E-state index in [4.69, 9.17) is 4.74 Å². The quantitative estimate of drug-likeness (QED) is 0.670. The van der Waals surface area contributed by atoms with Gasteiger partial charge in [0, 0.05) is 48.0 Å². The average Bonchev–Trinajstić information content (AvgIpc) is 2.87. The lowest BCUT2D eigenvalue weighted by Gasteiger charge is -2.35. The molecule has 1 aliphatic rings. The molecule has 150 valence electrons. The third-order valence-corrected chi connectivity index (χ3v) is 5.36. The number of nitrogens with zero attached hydrogens (tertiary/aromatic N) is 2. The molecule has 3 aromatic carbocycles. The van der Waals surface area contributed by atoms with Crippen molar-refractivity contribution in [1.29, 1.82) is 0 Å². The van der Waals surface area contributed by atoms with E-state index in [-0.39, 0.29) is 11.5 Å². The van der Waals surface area contributed by atoms with Crippen molar-refractivity contribution in [2.75, 3.05) is 37.7 Å². The molecule has 0 N–H and O–H groups in total. The van der Waals surface area contributed by atoms with Crippen LogP contribution in [0.3, 0.4) is 0 Å². The molecule has 1 aliphatic heterocycles. The molecule has 1 heterocycles. The molecule has 0 saturated carbocycles. The van der Waals surface area contributed by atoms with Gasteiger partial charge in [0.2, 0.25) is 0 Å². The molecule has 3 aromatic rings. The molecule has 0 radical (unpaired) electrons. The number of carbonyl (C=O) groups is 1. The number of piperazine rings is 1. The summed E-state index contributed by atoms with van der Waals surface area (Å²) in [6.07, 6.45) is -0.242. The van der Waals surface area contributed by atoms with Gasteiger partial charge in [-0.05, 0) is 17.4 Å². The molecule has 4 rings (SSSR count). The van der Waals surface area contributed by atoms with E-state index in [2.05, 4.69) is 11.0 Å². The molecule has 0 aliphatic carbocycles. The van der Waals surface area contributed by atoms with Crippen molar-refractivity contribution in [3.63, 3.8) is 0 Å². The van der Waals surface area contributed by atoms with Crippen molar-refractivity contribution >= 4 is 33.3 Å². The lowest BCUT2D eigenvalue weighted by molar-refractivity contribution is 0.0902. The number of benzene rings is 2. The van der Waals surface area contributed by atoms with Crippen molar-refractivity contribution in [3.8, 4) is 0 Å². The second kappa shape index (κ2) is 8.11. The van der Waals surface area contributed by atoms with E-state index in [1.165, 1.54) is 0 Å². The van der Waals surface area contributed by atoms with Gasteiger partial charge >= 0.3 is 6.09 Å². The van der Waals surface area contributed by atoms with Crippen molar-refractivity contribution in [1.82, 2.24) is 4.90 Å². The Kier molecular flexibility index (Phi) is 5.38. The van der Waals surface area contributed by atoms with Gasteiger partial charge in [0.05, 0.1) is 6.61 Å². The normalized spacial score (nSPS) is 14.6. The molecule has 5 heteroatoms. The highest BCUT2D eigenvalue weighted by atomic mass is 16.6. The summed E-state index contributed by atoms with van der Waals surface area (Å²) in [4.78, 5) is 29.4. The monoisotopic (exact) mass is 390 g/mol. The number of anilines is 1. The van der Waals surface area contributed by atoms with E-state index in [1.807, 2.05) is 62.4 Å². The summed E-state index contributed by atoms with van der Waals surface area (Å²) >= 11 is 0. The number of hydrogen-bond donors (Lipinski definition) is 0. The summed E-state index contributed by atoms with van der Waals surface area (Å²) in [5.74, 6) is 0.325. The Morgan fingerprint density at radius 2 is 1.55 bits per heavy atom. The fourth-order valence-electron chi connectivity index (χ4n) is 3.83. The molecule has 0 atom stereocenters. The lowest BCUT2D eigenvalue weighted by Crippen LogP contribution is -2.49. The average molecular weight is 390 g/mol. The zero-order chi connectivity index (χ0) is 20.4. The predicted octanol–water partition coefficient (Wildman–Crippen LogP) is 4.27. The summed E-state index contributed by atoms with van der Waals surface area (Å²) in [6, 6.07) is 17.6. The molecular weight excluding hydrogens is 364 g/mol. The van der Waals surface area contributed by atoms with Crippen LogP contribution in [-0.4, -0.2) is 43.8 Å². The minimum Gasteiger partial charge on any atom is -0.449 e. The highest BCUT2D eigenvalue weighted by molar-refractivity contribution is 6.01. The Bertz CT molecular complexity index is 1100. The van der Waals surface area contributed by atoms with Crippen molar-refractivity contribution in [3.05, 3.63) is 64.8 Å². The van der Waals surface area contributed by atoms with E-state index < -0.39 is 0 Å². The maximum atomic E-state index is 13.1. The molecular formula is C24H26N2O3. The second-order valence-corrected chi connectivity index (χ2v) is 7.94. The zero-order valence-electron chi connectivity index (χ0n) is 16.9. The smallest absolute Gasteiger partial charge is 0.409 e. The zero-order valence-corrected chi connectivity index (χ0v) is 16.9. The Morgan fingerprint density at radius 1 is 0.931 bits per heavy atom. The van der Waals surface area contributed by atoms with Gasteiger partial charge < -0.3 is 14.5 Å². The number of hydrogen-bond acceptors (Lipinski definition) is 4. The highest BCUT2D eigenvalue weighted by Gasteiger charge is 2.23. The van der Waals surface area contributed by atoms with E-state index in [0.717, 1.165) is 27.2 Å². The van der Waals surface area contributed by atoms with Gasteiger partial charge in [0.1, 0.15) is 0 Å². The molecule has 5 nitrogen and oxygen atoms in total. The standard InChI is InChI=1S/C24H26N2O3/c1-17(2)16-29-24(28)26-13-11-25(12-14-26)22-15-18-7-3-4-8-19(18)23(27)21-10-6-5-9-20(21)22/h3-10,15,17H,11-14,16H2,1-2H3. The van der Waals surface area contributed by atoms with Gasteiger partial charge in [-0.3, -0.25) is 4.79 Å². The topological polar surface area (TPSA) is 49.9 Å². The number of ether oxygens (including phenoxy) is 1. The molecule has 0 aromatic heterocycles. The molecule has 1 amide bonds. The largest absolute Gasteiger partial charge is 0.449 e. The van der Waals surface area contributed by atoms with Crippen LogP contribution in [-0.2, 0) is 4.74 Å². The van der Waals surface area contributed by atoms with E-state index in [0.29, 0.717) is 38.7 Å². The molecule has 0 unspecified atom stereocenters.